The van der Waals surface area contributed by atoms with Crippen LogP contribution in [0.1, 0.15) is 31.8 Å². The van der Waals surface area contributed by atoms with Crippen molar-refractivity contribution < 1.29 is 38.0 Å². The zero-order valence-electron chi connectivity index (χ0n) is 20.7. The van der Waals surface area contributed by atoms with Gasteiger partial charge in [-0.3, -0.25) is 9.59 Å². The Labute approximate surface area is 209 Å². The van der Waals surface area contributed by atoms with Crippen molar-refractivity contribution in [2.45, 2.75) is 6.92 Å². The van der Waals surface area contributed by atoms with E-state index >= 15 is 0 Å². The van der Waals surface area contributed by atoms with Crippen molar-refractivity contribution in [1.29, 1.82) is 0 Å². The third-order valence-electron chi connectivity index (χ3n) is 5.79. The fourth-order valence-electron chi connectivity index (χ4n) is 3.86. The molecule has 0 unspecified atom stereocenters. The standard InChI is InChI=1S/C28H26O8/c1-16-22(35-15-21(29)18-6-8-19(31-2)9-7-18)11-10-20-26(30)23(36-27(16)20)12-17-13-24(32-3)28(34-5)25(14-17)33-4/h6-14H,15H2,1-5H3/b23-12-. The molecular formula is C28H26O8. The minimum absolute atomic E-state index is 0.147. The number of benzene rings is 3. The maximum Gasteiger partial charge on any atom is 0.231 e. The van der Waals surface area contributed by atoms with Gasteiger partial charge in [0.25, 0.3) is 0 Å². The van der Waals surface area contributed by atoms with Gasteiger partial charge in [-0.15, -0.1) is 0 Å². The summed E-state index contributed by atoms with van der Waals surface area (Å²) in [5.74, 6) is 2.59. The van der Waals surface area contributed by atoms with Gasteiger partial charge in [0.15, 0.2) is 29.6 Å². The molecule has 4 rings (SSSR count). The van der Waals surface area contributed by atoms with Gasteiger partial charge in [-0.1, -0.05) is 0 Å². The molecule has 0 amide bonds. The second-order valence-corrected chi connectivity index (χ2v) is 7.90. The van der Waals surface area contributed by atoms with Crippen LogP contribution in [-0.2, 0) is 0 Å². The summed E-state index contributed by atoms with van der Waals surface area (Å²) in [6.07, 6.45) is 1.61. The van der Waals surface area contributed by atoms with Crippen LogP contribution in [0.15, 0.2) is 54.3 Å². The molecule has 36 heavy (non-hydrogen) atoms. The van der Waals surface area contributed by atoms with Crippen LogP contribution in [0.4, 0.5) is 0 Å². The van der Waals surface area contributed by atoms with Crippen LogP contribution in [0.2, 0.25) is 0 Å². The molecule has 0 aliphatic carbocycles. The summed E-state index contributed by atoms with van der Waals surface area (Å²) in [5, 5.41) is 0. The zero-order valence-corrected chi connectivity index (χ0v) is 20.7. The van der Waals surface area contributed by atoms with Crippen LogP contribution in [0, 0.1) is 6.92 Å². The molecule has 3 aromatic carbocycles. The molecule has 8 nitrogen and oxygen atoms in total. The number of fused-ring (bicyclic) bond motifs is 1. The molecule has 0 N–H and O–H groups in total. The van der Waals surface area contributed by atoms with Crippen LogP contribution in [0.5, 0.6) is 34.5 Å². The predicted molar refractivity (Wildman–Crippen MR) is 133 cm³/mol. The van der Waals surface area contributed by atoms with E-state index < -0.39 is 0 Å². The first kappa shape index (κ1) is 24.7. The highest BCUT2D eigenvalue weighted by Gasteiger charge is 2.30. The highest BCUT2D eigenvalue weighted by atomic mass is 16.5. The molecule has 0 aromatic heterocycles. The van der Waals surface area contributed by atoms with Crippen molar-refractivity contribution in [3.05, 3.63) is 76.5 Å². The molecule has 0 saturated heterocycles. The number of hydrogen-bond acceptors (Lipinski definition) is 8. The summed E-state index contributed by atoms with van der Waals surface area (Å²) in [5.41, 5.74) is 2.19. The van der Waals surface area contributed by atoms with E-state index in [1.165, 1.54) is 21.3 Å². The Hall–Kier alpha value is -4.46. The summed E-state index contributed by atoms with van der Waals surface area (Å²) in [6, 6.07) is 13.5. The largest absolute Gasteiger partial charge is 0.497 e. The topological polar surface area (TPSA) is 89.5 Å². The van der Waals surface area contributed by atoms with Crippen LogP contribution in [0.25, 0.3) is 6.08 Å². The average molecular weight is 491 g/mol. The number of ether oxygens (including phenoxy) is 6. The Morgan fingerprint density at radius 3 is 2.11 bits per heavy atom. The smallest absolute Gasteiger partial charge is 0.231 e. The Bertz CT molecular complexity index is 1310. The molecule has 0 spiro atoms. The van der Waals surface area contributed by atoms with Crippen LogP contribution < -0.4 is 28.4 Å². The summed E-state index contributed by atoms with van der Waals surface area (Å²) in [4.78, 5) is 25.5. The van der Waals surface area contributed by atoms with E-state index in [0.29, 0.717) is 56.8 Å². The summed E-state index contributed by atoms with van der Waals surface area (Å²) >= 11 is 0. The first-order valence-electron chi connectivity index (χ1n) is 11.1. The minimum Gasteiger partial charge on any atom is -0.497 e. The van der Waals surface area contributed by atoms with Crippen LogP contribution >= 0.6 is 0 Å². The van der Waals surface area contributed by atoms with E-state index in [1.807, 2.05) is 0 Å². The highest BCUT2D eigenvalue weighted by molar-refractivity contribution is 6.15. The van der Waals surface area contributed by atoms with E-state index in [9.17, 15) is 9.59 Å². The van der Waals surface area contributed by atoms with E-state index in [1.54, 1.807) is 68.6 Å². The van der Waals surface area contributed by atoms with Gasteiger partial charge < -0.3 is 28.4 Å². The fourth-order valence-corrected chi connectivity index (χ4v) is 3.86. The first-order valence-corrected chi connectivity index (χ1v) is 11.1. The lowest BCUT2D eigenvalue weighted by molar-refractivity contribution is 0.0920. The van der Waals surface area contributed by atoms with E-state index in [0.717, 1.165) is 0 Å². The van der Waals surface area contributed by atoms with Crippen molar-refractivity contribution in [2.24, 2.45) is 0 Å². The van der Waals surface area contributed by atoms with Gasteiger partial charge in [-0.05, 0) is 67.1 Å². The lowest BCUT2D eigenvalue weighted by Crippen LogP contribution is -2.12. The number of methoxy groups -OCH3 is 4. The van der Waals surface area contributed by atoms with Gasteiger partial charge >= 0.3 is 0 Å². The molecule has 0 fully saturated rings. The van der Waals surface area contributed by atoms with Crippen molar-refractivity contribution in [3.8, 4) is 34.5 Å². The molecule has 0 bridgehead atoms. The molecule has 1 aliphatic rings. The first-order chi connectivity index (χ1) is 17.4. The molecule has 3 aromatic rings. The Morgan fingerprint density at radius 1 is 0.861 bits per heavy atom. The summed E-state index contributed by atoms with van der Waals surface area (Å²) < 4.78 is 32.9. The predicted octanol–water partition coefficient (Wildman–Crippen LogP) is 4.91. The number of rotatable bonds is 9. The number of hydrogen-bond donors (Lipinski definition) is 0. The summed E-state index contributed by atoms with van der Waals surface area (Å²) in [6.45, 7) is 1.62. The Balaban J connectivity index is 1.55. The minimum atomic E-state index is -0.261. The molecule has 1 heterocycles. The molecule has 0 atom stereocenters. The molecule has 0 saturated carbocycles. The van der Waals surface area contributed by atoms with E-state index in [4.69, 9.17) is 28.4 Å². The fraction of sp³-hybridized carbons (Fsp3) is 0.214. The van der Waals surface area contributed by atoms with Gasteiger partial charge in [0.05, 0.1) is 34.0 Å². The summed E-state index contributed by atoms with van der Waals surface area (Å²) in [7, 11) is 6.12. The Kier molecular flexibility index (Phi) is 7.15. The van der Waals surface area contributed by atoms with Gasteiger partial charge in [0.1, 0.15) is 17.2 Å². The number of carbonyl (C=O) groups excluding carboxylic acids is 2. The number of allylic oxidation sites excluding steroid dienone is 1. The molecule has 8 heteroatoms. The van der Waals surface area contributed by atoms with Crippen molar-refractivity contribution in [2.75, 3.05) is 35.0 Å². The maximum absolute atomic E-state index is 13.0. The molecular weight excluding hydrogens is 464 g/mol. The SMILES string of the molecule is COc1ccc(C(=O)COc2ccc3c(c2C)O/C(=C\c2cc(OC)c(OC)c(OC)c2)C3=O)cc1. The second kappa shape index (κ2) is 10.4. The monoisotopic (exact) mass is 490 g/mol. The molecule has 0 radical (unpaired) electrons. The van der Waals surface area contributed by atoms with Crippen molar-refractivity contribution >= 4 is 17.6 Å². The Morgan fingerprint density at radius 2 is 1.53 bits per heavy atom. The third-order valence-corrected chi connectivity index (χ3v) is 5.79. The quantitative estimate of drug-likeness (QED) is 0.309. The van der Waals surface area contributed by atoms with Gasteiger partial charge in [0.2, 0.25) is 11.5 Å². The van der Waals surface area contributed by atoms with Crippen molar-refractivity contribution in [3.63, 3.8) is 0 Å². The second-order valence-electron chi connectivity index (χ2n) is 7.90. The van der Waals surface area contributed by atoms with Gasteiger partial charge in [-0.2, -0.15) is 0 Å². The average Bonchev–Trinajstić information content (AvgIpc) is 3.23. The molecule has 1 aliphatic heterocycles. The molecule has 186 valence electrons. The third kappa shape index (κ3) is 4.70. The maximum atomic E-state index is 13.0. The normalized spacial score (nSPS) is 13.1. The lowest BCUT2D eigenvalue weighted by Gasteiger charge is -2.13. The van der Waals surface area contributed by atoms with Crippen LogP contribution in [0.3, 0.4) is 0 Å². The van der Waals surface area contributed by atoms with Crippen LogP contribution in [-0.4, -0.2) is 46.6 Å². The van der Waals surface area contributed by atoms with Gasteiger partial charge in [0, 0.05) is 11.1 Å². The lowest BCUT2D eigenvalue weighted by atomic mass is 10.1. The highest BCUT2D eigenvalue weighted by Crippen LogP contribution is 2.41. The van der Waals surface area contributed by atoms with Gasteiger partial charge in [-0.25, -0.2) is 0 Å². The number of ketones is 2. The number of carbonyl (C=O) groups is 2. The van der Waals surface area contributed by atoms with Crippen molar-refractivity contribution in [1.82, 2.24) is 0 Å². The van der Waals surface area contributed by atoms with E-state index in [2.05, 4.69) is 0 Å². The zero-order chi connectivity index (χ0) is 25.8. The van der Waals surface area contributed by atoms with E-state index in [-0.39, 0.29) is 23.9 Å². The number of Topliss-reactive ketones (excluding diaryl/α,β-unsaturated/α-hetero) is 2.